The number of methoxy groups -OCH3 is 1. The maximum absolute atomic E-state index is 5.54. The van der Waals surface area contributed by atoms with Crippen molar-refractivity contribution in [1.29, 1.82) is 0 Å². The Morgan fingerprint density at radius 1 is 1.07 bits per heavy atom. The van der Waals surface area contributed by atoms with Crippen LogP contribution in [0.1, 0.15) is 19.4 Å². The van der Waals surface area contributed by atoms with Gasteiger partial charge in [0.1, 0.15) is 5.75 Å². The predicted molar refractivity (Wildman–Crippen MR) is 111 cm³/mol. The van der Waals surface area contributed by atoms with Crippen LogP contribution in [0.4, 0.5) is 0 Å². The normalized spacial score (nSPS) is 11.0. The Bertz CT molecular complexity index is 1010. The Hall–Kier alpha value is -3.13. The molecule has 3 aromatic rings. The summed E-state index contributed by atoms with van der Waals surface area (Å²) in [7, 11) is 1.61. The summed E-state index contributed by atoms with van der Waals surface area (Å²) in [6.45, 7) is 5.06. The lowest BCUT2D eigenvalue weighted by molar-refractivity contribution is 0.311. The van der Waals surface area contributed by atoms with Crippen LogP contribution in [-0.2, 0) is 0 Å². The summed E-state index contributed by atoms with van der Waals surface area (Å²) >= 11 is 5.32. The molecule has 1 N–H and O–H groups in total. The summed E-state index contributed by atoms with van der Waals surface area (Å²) < 4.78 is 18.4. The molecule has 0 fully saturated rings. The first-order valence-electron chi connectivity index (χ1n) is 8.92. The first-order chi connectivity index (χ1) is 13.7. The number of aromatic amines is 1. The summed E-state index contributed by atoms with van der Waals surface area (Å²) in [6.07, 6.45) is 1.70. The first kappa shape index (κ1) is 19.6. The van der Waals surface area contributed by atoms with E-state index < -0.39 is 0 Å². The molecule has 0 unspecified atom stereocenters. The van der Waals surface area contributed by atoms with Gasteiger partial charge >= 0.3 is 0 Å². The highest BCUT2D eigenvalue weighted by atomic mass is 32.1. The van der Waals surface area contributed by atoms with Gasteiger partial charge in [0.25, 0.3) is 0 Å². The molecule has 1 heterocycles. The summed E-state index contributed by atoms with van der Waals surface area (Å²) in [5.41, 5.74) is 1.72. The second kappa shape index (κ2) is 9.18. The minimum absolute atomic E-state index is 0.401. The van der Waals surface area contributed by atoms with Gasteiger partial charge in [0, 0.05) is 5.56 Å². The number of hydrogen-bond donors (Lipinski definition) is 1. The Labute approximate surface area is 168 Å². The lowest BCUT2D eigenvalue weighted by Gasteiger charge is -2.09. The molecule has 0 radical (unpaired) electrons. The zero-order chi connectivity index (χ0) is 19.9. The van der Waals surface area contributed by atoms with E-state index in [1.54, 1.807) is 18.0 Å². The monoisotopic (exact) mass is 398 g/mol. The molecule has 0 spiro atoms. The van der Waals surface area contributed by atoms with Crippen LogP contribution in [0.3, 0.4) is 0 Å². The minimum atomic E-state index is 0.401. The number of nitrogens with zero attached hydrogens (tertiary/aromatic N) is 3. The molecule has 0 saturated carbocycles. The Morgan fingerprint density at radius 2 is 1.82 bits per heavy atom. The van der Waals surface area contributed by atoms with Gasteiger partial charge in [-0.25, -0.2) is 5.10 Å². The van der Waals surface area contributed by atoms with Crippen LogP contribution in [0.5, 0.6) is 17.2 Å². The lowest BCUT2D eigenvalue weighted by atomic mass is 10.2. The van der Waals surface area contributed by atoms with Gasteiger partial charge in [-0.1, -0.05) is 0 Å². The van der Waals surface area contributed by atoms with E-state index in [1.807, 2.05) is 56.3 Å². The average Bonchev–Trinajstić information content (AvgIpc) is 3.08. The molecule has 7 nitrogen and oxygen atoms in total. The van der Waals surface area contributed by atoms with Crippen molar-refractivity contribution >= 4 is 18.4 Å². The molecule has 3 rings (SSSR count). The summed E-state index contributed by atoms with van der Waals surface area (Å²) in [5.74, 6) is 2.75. The maximum Gasteiger partial charge on any atom is 0.216 e. The third-order valence-electron chi connectivity index (χ3n) is 3.88. The van der Waals surface area contributed by atoms with Gasteiger partial charge in [-0.2, -0.15) is 14.9 Å². The highest BCUT2D eigenvalue weighted by Gasteiger charge is 2.09. The highest BCUT2D eigenvalue weighted by Crippen LogP contribution is 2.27. The van der Waals surface area contributed by atoms with Crippen LogP contribution < -0.4 is 14.2 Å². The molecule has 0 bridgehead atoms. The van der Waals surface area contributed by atoms with Crippen molar-refractivity contribution in [2.24, 2.45) is 5.10 Å². The third-order valence-corrected chi connectivity index (χ3v) is 4.15. The molecule has 0 amide bonds. The number of nitrogens with one attached hydrogen (secondary N) is 1. The molecule has 2 aromatic carbocycles. The molecule has 146 valence electrons. The number of H-pyrrole nitrogens is 1. The molecular formula is C20H22N4O3S. The molecule has 8 heteroatoms. The lowest BCUT2D eigenvalue weighted by Crippen LogP contribution is -1.98. The zero-order valence-electron chi connectivity index (χ0n) is 16.0. The van der Waals surface area contributed by atoms with Gasteiger partial charge in [-0.15, -0.1) is 0 Å². The molecule has 28 heavy (non-hydrogen) atoms. The quantitative estimate of drug-likeness (QED) is 0.452. The van der Waals surface area contributed by atoms with E-state index in [-0.39, 0.29) is 0 Å². The fourth-order valence-corrected chi connectivity index (χ4v) is 2.80. The minimum Gasteiger partial charge on any atom is -0.494 e. The van der Waals surface area contributed by atoms with E-state index in [4.69, 9.17) is 26.4 Å². The van der Waals surface area contributed by atoms with Gasteiger partial charge in [-0.3, -0.25) is 0 Å². The van der Waals surface area contributed by atoms with Crippen molar-refractivity contribution in [3.05, 3.63) is 52.8 Å². The van der Waals surface area contributed by atoms with E-state index in [2.05, 4.69) is 15.3 Å². The standard InChI is InChI=1S/C20H22N4O3S/c1-4-26-16-9-7-15(8-10-16)19-22-23-20(28)24(19)21-13-14-6-11-17(27-5-2)18(12-14)25-3/h6-13H,4-5H2,1-3H3,(H,23,28). The van der Waals surface area contributed by atoms with Gasteiger partial charge in [0.2, 0.25) is 4.77 Å². The van der Waals surface area contributed by atoms with Gasteiger partial charge in [0.15, 0.2) is 17.3 Å². The smallest absolute Gasteiger partial charge is 0.216 e. The van der Waals surface area contributed by atoms with Crippen molar-refractivity contribution in [3.63, 3.8) is 0 Å². The summed E-state index contributed by atoms with van der Waals surface area (Å²) in [5, 5.41) is 11.6. The SMILES string of the molecule is CCOc1ccc(-c2n[nH]c(=S)n2N=Cc2ccc(OCC)c(OC)c2)cc1. The van der Waals surface area contributed by atoms with E-state index in [1.165, 1.54) is 0 Å². The molecule has 0 aliphatic heterocycles. The van der Waals surface area contributed by atoms with Gasteiger partial charge in [0.05, 0.1) is 26.5 Å². The van der Waals surface area contributed by atoms with Crippen LogP contribution in [0, 0.1) is 4.77 Å². The molecule has 1 aromatic heterocycles. The molecule has 0 saturated heterocycles. The van der Waals surface area contributed by atoms with E-state index in [9.17, 15) is 0 Å². The summed E-state index contributed by atoms with van der Waals surface area (Å²) in [4.78, 5) is 0. The highest BCUT2D eigenvalue weighted by molar-refractivity contribution is 7.71. The van der Waals surface area contributed by atoms with E-state index in [0.29, 0.717) is 35.3 Å². The fraction of sp³-hybridized carbons (Fsp3) is 0.250. The number of rotatable bonds is 8. The molecule has 0 atom stereocenters. The molecular weight excluding hydrogens is 376 g/mol. The number of aromatic nitrogens is 3. The average molecular weight is 398 g/mol. The topological polar surface area (TPSA) is 73.7 Å². The summed E-state index contributed by atoms with van der Waals surface area (Å²) in [6, 6.07) is 13.2. The van der Waals surface area contributed by atoms with Crippen LogP contribution in [0.25, 0.3) is 11.4 Å². The molecule has 0 aliphatic carbocycles. The molecule has 0 aliphatic rings. The first-order valence-corrected chi connectivity index (χ1v) is 9.33. The van der Waals surface area contributed by atoms with Crippen molar-refractivity contribution in [1.82, 2.24) is 14.9 Å². The van der Waals surface area contributed by atoms with Crippen molar-refractivity contribution in [2.45, 2.75) is 13.8 Å². The van der Waals surface area contributed by atoms with Crippen molar-refractivity contribution in [3.8, 4) is 28.6 Å². The Balaban J connectivity index is 1.89. The van der Waals surface area contributed by atoms with Crippen LogP contribution in [-0.4, -0.2) is 41.4 Å². The third kappa shape index (κ3) is 4.40. The Morgan fingerprint density at radius 3 is 2.50 bits per heavy atom. The van der Waals surface area contributed by atoms with Gasteiger partial charge in [-0.05, 0) is 74.1 Å². The van der Waals surface area contributed by atoms with Crippen molar-refractivity contribution < 1.29 is 14.2 Å². The second-order valence-corrected chi connectivity index (χ2v) is 6.10. The number of ether oxygens (including phenoxy) is 3. The van der Waals surface area contributed by atoms with Gasteiger partial charge < -0.3 is 14.2 Å². The van der Waals surface area contributed by atoms with E-state index in [0.717, 1.165) is 16.9 Å². The predicted octanol–water partition coefficient (Wildman–Crippen LogP) is 4.30. The second-order valence-electron chi connectivity index (χ2n) is 5.71. The Kier molecular flexibility index (Phi) is 6.44. The number of hydrogen-bond acceptors (Lipinski definition) is 6. The van der Waals surface area contributed by atoms with Crippen LogP contribution in [0.2, 0.25) is 0 Å². The largest absolute Gasteiger partial charge is 0.494 e. The van der Waals surface area contributed by atoms with Crippen LogP contribution >= 0.6 is 12.2 Å². The maximum atomic E-state index is 5.54. The van der Waals surface area contributed by atoms with Crippen molar-refractivity contribution in [2.75, 3.05) is 20.3 Å². The zero-order valence-corrected chi connectivity index (χ0v) is 16.8. The van der Waals surface area contributed by atoms with E-state index >= 15 is 0 Å². The van der Waals surface area contributed by atoms with Crippen LogP contribution in [0.15, 0.2) is 47.6 Å². The fourth-order valence-electron chi connectivity index (χ4n) is 2.62. The number of benzene rings is 2.